The van der Waals surface area contributed by atoms with Crippen LogP contribution in [0.2, 0.25) is 0 Å². The molecule has 2 aromatic rings. The summed E-state index contributed by atoms with van der Waals surface area (Å²) in [4.78, 5) is 12.7. The highest BCUT2D eigenvalue weighted by Gasteiger charge is 2.18. The summed E-state index contributed by atoms with van der Waals surface area (Å²) in [7, 11) is -2.19. The number of aryl methyl sites for hydroxylation is 2. The van der Waals surface area contributed by atoms with Crippen LogP contribution in [0.4, 0.5) is 0 Å². The van der Waals surface area contributed by atoms with Crippen LogP contribution in [0.3, 0.4) is 0 Å². The fourth-order valence-electron chi connectivity index (χ4n) is 2.78. The molecule has 6 nitrogen and oxygen atoms in total. The summed E-state index contributed by atoms with van der Waals surface area (Å²) in [6.07, 6.45) is 1.66. The SMILES string of the molecule is COCCNS(=O)(=O)c1ccc(C)c(C(=O)NC(C)CCc2ccccc2)c1. The molecule has 0 aliphatic carbocycles. The summed E-state index contributed by atoms with van der Waals surface area (Å²) in [5.74, 6) is -0.271. The van der Waals surface area contributed by atoms with Crippen LogP contribution < -0.4 is 10.0 Å². The molecule has 1 amide bonds. The van der Waals surface area contributed by atoms with Crippen LogP contribution in [0.15, 0.2) is 53.4 Å². The Hall–Kier alpha value is -2.22. The van der Waals surface area contributed by atoms with E-state index in [4.69, 9.17) is 4.74 Å². The van der Waals surface area contributed by atoms with Gasteiger partial charge in [-0.15, -0.1) is 0 Å². The topological polar surface area (TPSA) is 84.5 Å². The van der Waals surface area contributed by atoms with Gasteiger partial charge >= 0.3 is 0 Å². The molecule has 2 N–H and O–H groups in total. The Morgan fingerprint density at radius 2 is 1.86 bits per heavy atom. The second kappa shape index (κ2) is 10.4. The van der Waals surface area contributed by atoms with Gasteiger partial charge in [0.25, 0.3) is 5.91 Å². The maximum atomic E-state index is 12.7. The second-order valence-electron chi connectivity index (χ2n) is 6.77. The molecule has 0 aliphatic rings. The first-order chi connectivity index (χ1) is 13.3. The van der Waals surface area contributed by atoms with E-state index in [9.17, 15) is 13.2 Å². The lowest BCUT2D eigenvalue weighted by Crippen LogP contribution is -2.33. The van der Waals surface area contributed by atoms with Crippen molar-refractivity contribution in [2.45, 2.75) is 37.6 Å². The fraction of sp³-hybridized carbons (Fsp3) is 0.381. The van der Waals surface area contributed by atoms with E-state index >= 15 is 0 Å². The molecule has 0 radical (unpaired) electrons. The standard InChI is InChI=1S/C21H28N2O4S/c1-16-9-12-19(28(25,26)22-13-14-27-3)15-20(16)21(24)23-17(2)10-11-18-7-5-4-6-8-18/h4-9,12,15,17,22H,10-11,13-14H2,1-3H3,(H,23,24). The van der Waals surface area contributed by atoms with Gasteiger partial charge in [-0.05, 0) is 49.9 Å². The van der Waals surface area contributed by atoms with E-state index in [1.165, 1.54) is 24.8 Å². The molecular weight excluding hydrogens is 376 g/mol. The zero-order chi connectivity index (χ0) is 20.6. The van der Waals surface area contributed by atoms with E-state index in [0.29, 0.717) is 5.56 Å². The minimum atomic E-state index is -3.69. The molecule has 0 saturated carbocycles. The molecule has 0 saturated heterocycles. The lowest BCUT2D eigenvalue weighted by molar-refractivity contribution is 0.0937. The second-order valence-corrected chi connectivity index (χ2v) is 8.53. The van der Waals surface area contributed by atoms with Crippen molar-refractivity contribution >= 4 is 15.9 Å². The van der Waals surface area contributed by atoms with Gasteiger partial charge in [0.15, 0.2) is 0 Å². The van der Waals surface area contributed by atoms with E-state index in [0.717, 1.165) is 18.4 Å². The summed E-state index contributed by atoms with van der Waals surface area (Å²) < 4.78 is 32.1. The van der Waals surface area contributed by atoms with Gasteiger partial charge < -0.3 is 10.1 Å². The lowest BCUT2D eigenvalue weighted by atomic mass is 10.0. The average Bonchev–Trinajstić information content (AvgIpc) is 2.67. The summed E-state index contributed by atoms with van der Waals surface area (Å²) in [6.45, 7) is 4.18. The van der Waals surface area contributed by atoms with E-state index in [1.54, 1.807) is 13.0 Å². The van der Waals surface area contributed by atoms with Gasteiger partial charge in [-0.25, -0.2) is 13.1 Å². The zero-order valence-electron chi connectivity index (χ0n) is 16.6. The van der Waals surface area contributed by atoms with Crippen molar-refractivity contribution in [3.63, 3.8) is 0 Å². The zero-order valence-corrected chi connectivity index (χ0v) is 17.4. The van der Waals surface area contributed by atoms with Crippen LogP contribution in [0.1, 0.15) is 34.8 Å². The van der Waals surface area contributed by atoms with Crippen molar-refractivity contribution in [2.24, 2.45) is 0 Å². The molecule has 0 heterocycles. The summed E-state index contributed by atoms with van der Waals surface area (Å²) in [6, 6.07) is 14.6. The number of amides is 1. The fourth-order valence-corrected chi connectivity index (χ4v) is 3.81. The summed E-state index contributed by atoms with van der Waals surface area (Å²) in [5, 5.41) is 2.96. The number of hydrogen-bond acceptors (Lipinski definition) is 4. The quantitative estimate of drug-likeness (QED) is 0.596. The minimum absolute atomic E-state index is 0.0350. The predicted octanol–water partition coefficient (Wildman–Crippen LogP) is 2.67. The van der Waals surface area contributed by atoms with Crippen LogP contribution >= 0.6 is 0 Å². The van der Waals surface area contributed by atoms with Crippen LogP contribution in [0.25, 0.3) is 0 Å². The molecule has 0 fully saturated rings. The molecule has 2 rings (SSSR count). The Bertz CT molecular complexity index is 883. The largest absolute Gasteiger partial charge is 0.383 e. The van der Waals surface area contributed by atoms with Gasteiger partial charge in [-0.3, -0.25) is 4.79 Å². The monoisotopic (exact) mass is 404 g/mol. The van der Waals surface area contributed by atoms with Crippen LogP contribution in [0, 0.1) is 6.92 Å². The van der Waals surface area contributed by atoms with Gasteiger partial charge in [0.1, 0.15) is 0 Å². The van der Waals surface area contributed by atoms with Crippen molar-refractivity contribution in [1.82, 2.24) is 10.0 Å². The van der Waals surface area contributed by atoms with E-state index < -0.39 is 10.0 Å². The number of carbonyl (C=O) groups excluding carboxylic acids is 1. The Morgan fingerprint density at radius 1 is 1.14 bits per heavy atom. The summed E-state index contributed by atoms with van der Waals surface area (Å²) >= 11 is 0. The molecule has 152 valence electrons. The average molecular weight is 405 g/mol. The highest BCUT2D eigenvalue weighted by atomic mass is 32.2. The first kappa shape index (κ1) is 22.1. The Kier molecular flexibility index (Phi) is 8.17. The molecule has 0 aliphatic heterocycles. The molecule has 0 aromatic heterocycles. The van der Waals surface area contributed by atoms with E-state index in [2.05, 4.69) is 22.2 Å². The van der Waals surface area contributed by atoms with Crippen LogP contribution in [0.5, 0.6) is 0 Å². The highest BCUT2D eigenvalue weighted by molar-refractivity contribution is 7.89. The number of nitrogens with one attached hydrogen (secondary N) is 2. The summed E-state index contributed by atoms with van der Waals surface area (Å²) in [5.41, 5.74) is 2.31. The van der Waals surface area contributed by atoms with E-state index in [-0.39, 0.29) is 30.0 Å². The van der Waals surface area contributed by atoms with Crippen LogP contribution in [-0.2, 0) is 21.2 Å². The highest BCUT2D eigenvalue weighted by Crippen LogP contribution is 2.16. The Morgan fingerprint density at radius 3 is 2.54 bits per heavy atom. The molecule has 2 aromatic carbocycles. The van der Waals surface area contributed by atoms with Gasteiger partial charge in [0.05, 0.1) is 11.5 Å². The third kappa shape index (κ3) is 6.44. The molecular formula is C21H28N2O4S. The van der Waals surface area contributed by atoms with Crippen molar-refractivity contribution < 1.29 is 17.9 Å². The van der Waals surface area contributed by atoms with Gasteiger partial charge in [0.2, 0.25) is 10.0 Å². The van der Waals surface area contributed by atoms with Crippen molar-refractivity contribution in [3.05, 3.63) is 65.2 Å². The number of rotatable bonds is 10. The number of ether oxygens (including phenoxy) is 1. The Balaban J connectivity index is 2.03. The Labute approximate surface area is 167 Å². The number of hydrogen-bond donors (Lipinski definition) is 2. The van der Waals surface area contributed by atoms with Crippen molar-refractivity contribution in [1.29, 1.82) is 0 Å². The molecule has 0 bridgehead atoms. The first-order valence-electron chi connectivity index (χ1n) is 9.27. The third-order valence-corrected chi connectivity index (χ3v) is 5.91. The maximum Gasteiger partial charge on any atom is 0.251 e. The lowest BCUT2D eigenvalue weighted by Gasteiger charge is -2.16. The maximum absolute atomic E-state index is 12.7. The van der Waals surface area contributed by atoms with Crippen molar-refractivity contribution in [3.8, 4) is 0 Å². The minimum Gasteiger partial charge on any atom is -0.383 e. The molecule has 7 heteroatoms. The van der Waals surface area contributed by atoms with Crippen LogP contribution in [-0.4, -0.2) is 40.6 Å². The predicted molar refractivity (Wildman–Crippen MR) is 110 cm³/mol. The normalized spacial score (nSPS) is 12.5. The van der Waals surface area contributed by atoms with Gasteiger partial charge in [0, 0.05) is 25.3 Å². The molecule has 1 unspecified atom stereocenters. The van der Waals surface area contributed by atoms with Gasteiger partial charge in [-0.1, -0.05) is 36.4 Å². The van der Waals surface area contributed by atoms with Crippen molar-refractivity contribution in [2.75, 3.05) is 20.3 Å². The number of carbonyl (C=O) groups is 1. The number of sulfonamides is 1. The third-order valence-electron chi connectivity index (χ3n) is 4.45. The molecule has 1 atom stereocenters. The first-order valence-corrected chi connectivity index (χ1v) is 10.8. The molecule has 28 heavy (non-hydrogen) atoms. The molecule has 0 spiro atoms. The van der Waals surface area contributed by atoms with Gasteiger partial charge in [-0.2, -0.15) is 0 Å². The van der Waals surface area contributed by atoms with E-state index in [1.807, 2.05) is 25.1 Å². The number of benzene rings is 2. The number of methoxy groups -OCH3 is 1. The smallest absolute Gasteiger partial charge is 0.251 e.